The highest BCUT2D eigenvalue weighted by Gasteiger charge is 2.23. The molecule has 16 heavy (non-hydrogen) atoms. The molecule has 1 atom stereocenters. The monoisotopic (exact) mass is 281 g/mol. The molecular weight excluding hydrogens is 270 g/mol. The number of hydrogen-bond acceptors (Lipinski definition) is 3. The first kappa shape index (κ1) is 11.3. The van der Waals surface area contributed by atoms with E-state index in [0.29, 0.717) is 6.54 Å². The van der Waals surface area contributed by atoms with Crippen molar-refractivity contribution in [2.24, 2.45) is 0 Å². The first-order valence-corrected chi connectivity index (χ1v) is 5.68. The molecule has 0 unspecified atom stereocenters. The van der Waals surface area contributed by atoms with E-state index in [2.05, 4.69) is 26.0 Å². The van der Waals surface area contributed by atoms with E-state index in [1.54, 1.807) is 17.9 Å². The number of halogens is 1. The zero-order valence-electron chi connectivity index (χ0n) is 8.84. The molecule has 1 N–H and O–H groups in total. The van der Waals surface area contributed by atoms with Crippen molar-refractivity contribution in [3.63, 3.8) is 0 Å². The Morgan fingerprint density at radius 2 is 2.06 bits per heavy atom. The van der Waals surface area contributed by atoms with Crippen LogP contribution in [0, 0.1) is 0 Å². The van der Waals surface area contributed by atoms with Crippen molar-refractivity contribution in [1.82, 2.24) is 14.8 Å². The van der Waals surface area contributed by atoms with Crippen LogP contribution in [0.4, 0.5) is 0 Å². The summed E-state index contributed by atoms with van der Waals surface area (Å²) in [6.45, 7) is 2.15. The highest BCUT2D eigenvalue weighted by atomic mass is 79.9. The van der Waals surface area contributed by atoms with E-state index in [1.807, 2.05) is 24.3 Å². The van der Waals surface area contributed by atoms with E-state index in [-0.39, 0.29) is 0 Å². The van der Waals surface area contributed by atoms with Gasteiger partial charge in [0.15, 0.2) is 0 Å². The number of aliphatic hydroxyl groups is 1. The van der Waals surface area contributed by atoms with Gasteiger partial charge in [0.05, 0.1) is 6.54 Å². The fourth-order valence-corrected chi connectivity index (χ4v) is 1.79. The number of nitrogens with zero attached hydrogens (tertiary/aromatic N) is 3. The molecule has 1 heterocycles. The van der Waals surface area contributed by atoms with Gasteiger partial charge in [-0.2, -0.15) is 5.10 Å². The normalized spacial score (nSPS) is 14.7. The topological polar surface area (TPSA) is 50.9 Å². The minimum absolute atomic E-state index is 0.384. The third-order valence-corrected chi connectivity index (χ3v) is 2.93. The molecule has 1 aromatic carbocycles. The van der Waals surface area contributed by atoms with Crippen molar-refractivity contribution in [2.75, 3.05) is 0 Å². The molecule has 84 valence electrons. The summed E-state index contributed by atoms with van der Waals surface area (Å²) in [7, 11) is 0. The van der Waals surface area contributed by atoms with Crippen LogP contribution in [-0.4, -0.2) is 19.9 Å². The van der Waals surface area contributed by atoms with Crippen LogP contribution in [-0.2, 0) is 12.1 Å². The van der Waals surface area contributed by atoms with E-state index >= 15 is 0 Å². The van der Waals surface area contributed by atoms with E-state index < -0.39 is 5.60 Å². The van der Waals surface area contributed by atoms with Gasteiger partial charge in [-0.15, -0.1) is 0 Å². The van der Waals surface area contributed by atoms with Gasteiger partial charge in [-0.25, -0.2) is 9.67 Å². The van der Waals surface area contributed by atoms with Crippen LogP contribution in [0.1, 0.15) is 12.5 Å². The van der Waals surface area contributed by atoms with E-state index in [1.165, 1.54) is 6.33 Å². The zero-order valence-corrected chi connectivity index (χ0v) is 10.4. The lowest BCUT2D eigenvalue weighted by atomic mass is 9.96. The molecule has 0 saturated heterocycles. The second-order valence-corrected chi connectivity index (χ2v) is 4.79. The number of benzene rings is 1. The van der Waals surface area contributed by atoms with Crippen molar-refractivity contribution in [3.05, 3.63) is 47.0 Å². The summed E-state index contributed by atoms with van der Waals surface area (Å²) in [5, 5.41) is 14.3. The van der Waals surface area contributed by atoms with Gasteiger partial charge in [0.25, 0.3) is 0 Å². The molecule has 0 spiro atoms. The van der Waals surface area contributed by atoms with Crippen LogP contribution in [0.15, 0.2) is 41.4 Å². The molecule has 2 aromatic rings. The molecule has 0 radical (unpaired) electrons. The highest BCUT2D eigenvalue weighted by Crippen LogP contribution is 2.23. The zero-order chi connectivity index (χ0) is 11.6. The summed E-state index contributed by atoms with van der Waals surface area (Å²) >= 11 is 3.36. The second-order valence-electron chi connectivity index (χ2n) is 3.87. The average molecular weight is 282 g/mol. The lowest BCUT2D eigenvalue weighted by Crippen LogP contribution is -2.27. The minimum atomic E-state index is -0.950. The maximum absolute atomic E-state index is 10.3. The van der Waals surface area contributed by atoms with E-state index in [9.17, 15) is 5.11 Å². The Labute approximate surface area is 102 Å². The van der Waals surface area contributed by atoms with Crippen molar-refractivity contribution in [2.45, 2.75) is 19.1 Å². The molecule has 1 aromatic heterocycles. The predicted octanol–water partition coefficient (Wildman–Crippen LogP) is 1.95. The lowest BCUT2D eigenvalue weighted by Gasteiger charge is -2.23. The van der Waals surface area contributed by atoms with Crippen LogP contribution < -0.4 is 0 Å². The van der Waals surface area contributed by atoms with Gasteiger partial charge in [-0.3, -0.25) is 0 Å². The van der Waals surface area contributed by atoms with Gasteiger partial charge < -0.3 is 5.11 Å². The molecule has 2 rings (SSSR count). The van der Waals surface area contributed by atoms with Crippen LogP contribution in [0.25, 0.3) is 0 Å². The van der Waals surface area contributed by atoms with Gasteiger partial charge >= 0.3 is 0 Å². The predicted molar refractivity (Wildman–Crippen MR) is 63.7 cm³/mol. The summed E-state index contributed by atoms with van der Waals surface area (Å²) in [4.78, 5) is 3.85. The van der Waals surface area contributed by atoms with Gasteiger partial charge in [-0.05, 0) is 24.6 Å². The molecule has 0 aliphatic rings. The van der Waals surface area contributed by atoms with Crippen molar-refractivity contribution >= 4 is 15.9 Å². The number of aromatic nitrogens is 3. The van der Waals surface area contributed by atoms with Crippen LogP contribution >= 0.6 is 15.9 Å². The van der Waals surface area contributed by atoms with Gasteiger partial charge in [0.2, 0.25) is 0 Å². The quantitative estimate of drug-likeness (QED) is 0.936. The molecule has 0 amide bonds. The standard InChI is InChI=1S/C11H12BrN3O/c1-11(16,6-15-8-13-7-14-15)9-2-4-10(12)5-3-9/h2-5,7-8,16H,6H2,1H3/t11-/m0/s1. The Hall–Kier alpha value is -1.20. The summed E-state index contributed by atoms with van der Waals surface area (Å²) in [5.74, 6) is 0. The fraction of sp³-hybridized carbons (Fsp3) is 0.273. The Balaban J connectivity index is 2.21. The lowest BCUT2D eigenvalue weighted by molar-refractivity contribution is 0.0345. The molecule has 0 aliphatic heterocycles. The minimum Gasteiger partial charge on any atom is -0.384 e. The molecule has 0 bridgehead atoms. The summed E-state index contributed by atoms with van der Waals surface area (Å²) in [5.41, 5.74) is -0.0970. The SMILES string of the molecule is C[C@](O)(Cn1cncn1)c1ccc(Br)cc1. The Morgan fingerprint density at radius 1 is 1.38 bits per heavy atom. The van der Waals surface area contributed by atoms with E-state index in [4.69, 9.17) is 0 Å². The Bertz CT molecular complexity index is 451. The number of rotatable bonds is 3. The summed E-state index contributed by atoms with van der Waals surface area (Å²) in [6, 6.07) is 7.60. The van der Waals surface area contributed by atoms with Crippen LogP contribution in [0.3, 0.4) is 0 Å². The molecular formula is C11H12BrN3O. The molecule has 5 heteroatoms. The first-order chi connectivity index (χ1) is 7.58. The number of hydrogen-bond donors (Lipinski definition) is 1. The van der Waals surface area contributed by atoms with Crippen molar-refractivity contribution < 1.29 is 5.11 Å². The van der Waals surface area contributed by atoms with Gasteiger partial charge in [0.1, 0.15) is 18.3 Å². The summed E-state index contributed by atoms with van der Waals surface area (Å²) < 4.78 is 2.61. The van der Waals surface area contributed by atoms with Gasteiger partial charge in [0, 0.05) is 4.47 Å². The fourth-order valence-electron chi connectivity index (χ4n) is 1.53. The maximum Gasteiger partial charge on any atom is 0.137 e. The molecule has 0 saturated carbocycles. The van der Waals surface area contributed by atoms with E-state index in [0.717, 1.165) is 10.0 Å². The smallest absolute Gasteiger partial charge is 0.137 e. The third-order valence-electron chi connectivity index (χ3n) is 2.40. The average Bonchev–Trinajstić information content (AvgIpc) is 2.70. The Kier molecular flexibility index (Phi) is 3.07. The maximum atomic E-state index is 10.3. The molecule has 4 nitrogen and oxygen atoms in total. The Morgan fingerprint density at radius 3 is 2.62 bits per heavy atom. The first-order valence-electron chi connectivity index (χ1n) is 4.89. The third kappa shape index (κ3) is 2.48. The molecule has 0 fully saturated rings. The highest BCUT2D eigenvalue weighted by molar-refractivity contribution is 9.10. The molecule has 0 aliphatic carbocycles. The largest absolute Gasteiger partial charge is 0.384 e. The van der Waals surface area contributed by atoms with Crippen LogP contribution in [0.2, 0.25) is 0 Å². The van der Waals surface area contributed by atoms with Crippen LogP contribution in [0.5, 0.6) is 0 Å². The second kappa shape index (κ2) is 4.35. The van der Waals surface area contributed by atoms with Gasteiger partial charge in [-0.1, -0.05) is 28.1 Å². The summed E-state index contributed by atoms with van der Waals surface area (Å²) in [6.07, 6.45) is 3.05. The van der Waals surface area contributed by atoms with Crippen molar-refractivity contribution in [3.8, 4) is 0 Å². The van der Waals surface area contributed by atoms with Crippen molar-refractivity contribution in [1.29, 1.82) is 0 Å².